The average Bonchev–Trinajstić information content (AvgIpc) is 2.95. The van der Waals surface area contributed by atoms with Crippen molar-refractivity contribution in [2.24, 2.45) is 0 Å². The normalized spacial score (nSPS) is 22.6. The SMILES string of the molecule is COC(=O)C1NCC[C@@H]1c1ccc2ccccc2c1. The minimum absolute atomic E-state index is 0.171. The number of fused-ring (bicyclic) bond motifs is 1. The van der Waals surface area contributed by atoms with E-state index in [2.05, 4.69) is 35.6 Å². The summed E-state index contributed by atoms with van der Waals surface area (Å²) in [6, 6.07) is 14.5. The first kappa shape index (κ1) is 12.2. The lowest BCUT2D eigenvalue weighted by molar-refractivity contribution is -0.143. The Morgan fingerprint density at radius 2 is 2.00 bits per heavy atom. The zero-order chi connectivity index (χ0) is 13.2. The summed E-state index contributed by atoms with van der Waals surface area (Å²) < 4.78 is 4.87. The summed E-state index contributed by atoms with van der Waals surface area (Å²) in [5.41, 5.74) is 1.21. The molecule has 0 saturated carbocycles. The van der Waals surface area contributed by atoms with Crippen molar-refractivity contribution >= 4 is 16.7 Å². The Morgan fingerprint density at radius 3 is 2.79 bits per heavy atom. The first-order valence-electron chi connectivity index (χ1n) is 6.59. The summed E-state index contributed by atoms with van der Waals surface area (Å²) in [7, 11) is 1.44. The van der Waals surface area contributed by atoms with E-state index >= 15 is 0 Å². The number of nitrogens with one attached hydrogen (secondary N) is 1. The third-order valence-corrected chi connectivity index (χ3v) is 3.88. The molecule has 1 unspecified atom stereocenters. The van der Waals surface area contributed by atoms with Gasteiger partial charge in [0.1, 0.15) is 6.04 Å². The van der Waals surface area contributed by atoms with Crippen LogP contribution in [0.1, 0.15) is 17.9 Å². The highest BCUT2D eigenvalue weighted by molar-refractivity contribution is 5.84. The first-order valence-corrected chi connectivity index (χ1v) is 6.59. The van der Waals surface area contributed by atoms with E-state index in [9.17, 15) is 4.79 Å². The van der Waals surface area contributed by atoms with Crippen molar-refractivity contribution in [3.63, 3.8) is 0 Å². The van der Waals surface area contributed by atoms with Gasteiger partial charge >= 0.3 is 5.97 Å². The number of esters is 1. The van der Waals surface area contributed by atoms with Gasteiger partial charge in [0.15, 0.2) is 0 Å². The fraction of sp³-hybridized carbons (Fsp3) is 0.312. The third kappa shape index (κ3) is 2.22. The number of ether oxygens (including phenoxy) is 1. The van der Waals surface area contributed by atoms with E-state index in [0.29, 0.717) is 0 Å². The minimum Gasteiger partial charge on any atom is -0.468 e. The van der Waals surface area contributed by atoms with Gasteiger partial charge in [-0.15, -0.1) is 0 Å². The molecule has 1 fully saturated rings. The zero-order valence-corrected chi connectivity index (χ0v) is 10.9. The van der Waals surface area contributed by atoms with E-state index in [1.807, 2.05) is 12.1 Å². The monoisotopic (exact) mass is 255 g/mol. The molecule has 3 rings (SSSR count). The molecule has 2 atom stereocenters. The highest BCUT2D eigenvalue weighted by atomic mass is 16.5. The maximum absolute atomic E-state index is 11.8. The van der Waals surface area contributed by atoms with Crippen molar-refractivity contribution in [1.29, 1.82) is 0 Å². The third-order valence-electron chi connectivity index (χ3n) is 3.88. The lowest BCUT2D eigenvalue weighted by atomic mass is 9.90. The maximum Gasteiger partial charge on any atom is 0.323 e. The van der Waals surface area contributed by atoms with Gasteiger partial charge in [0.25, 0.3) is 0 Å². The van der Waals surface area contributed by atoms with Crippen LogP contribution in [0.25, 0.3) is 10.8 Å². The molecule has 0 aromatic heterocycles. The summed E-state index contributed by atoms with van der Waals surface area (Å²) in [6.45, 7) is 0.858. The maximum atomic E-state index is 11.8. The molecular formula is C16H17NO2. The second-order valence-corrected chi connectivity index (χ2v) is 4.96. The van der Waals surface area contributed by atoms with Gasteiger partial charge in [-0.25, -0.2) is 0 Å². The van der Waals surface area contributed by atoms with E-state index in [0.717, 1.165) is 13.0 Å². The quantitative estimate of drug-likeness (QED) is 0.838. The molecule has 3 heteroatoms. The van der Waals surface area contributed by atoms with Crippen LogP contribution >= 0.6 is 0 Å². The van der Waals surface area contributed by atoms with Gasteiger partial charge in [0.2, 0.25) is 0 Å². The van der Waals surface area contributed by atoms with Crippen molar-refractivity contribution in [2.75, 3.05) is 13.7 Å². The predicted octanol–water partition coefficient (Wildman–Crippen LogP) is 2.46. The summed E-state index contributed by atoms with van der Waals surface area (Å²) in [5.74, 6) is 0.0349. The number of methoxy groups -OCH3 is 1. The summed E-state index contributed by atoms with van der Waals surface area (Å²) in [5, 5.41) is 5.68. The number of carbonyl (C=O) groups is 1. The van der Waals surface area contributed by atoms with Gasteiger partial charge in [-0.2, -0.15) is 0 Å². The zero-order valence-electron chi connectivity index (χ0n) is 10.9. The molecule has 0 radical (unpaired) electrons. The van der Waals surface area contributed by atoms with Crippen LogP contribution in [-0.4, -0.2) is 25.7 Å². The Kier molecular flexibility index (Phi) is 3.22. The number of hydrogen-bond acceptors (Lipinski definition) is 3. The second-order valence-electron chi connectivity index (χ2n) is 4.96. The van der Waals surface area contributed by atoms with Crippen LogP contribution in [0.2, 0.25) is 0 Å². The summed E-state index contributed by atoms with van der Waals surface area (Å²) in [6.07, 6.45) is 0.970. The highest BCUT2D eigenvalue weighted by Crippen LogP contribution is 2.30. The summed E-state index contributed by atoms with van der Waals surface area (Å²) >= 11 is 0. The van der Waals surface area contributed by atoms with Gasteiger partial charge in [0, 0.05) is 5.92 Å². The molecule has 1 aliphatic rings. The lowest BCUT2D eigenvalue weighted by Gasteiger charge is -2.18. The Morgan fingerprint density at radius 1 is 1.21 bits per heavy atom. The van der Waals surface area contributed by atoms with Crippen molar-refractivity contribution in [3.05, 3.63) is 48.0 Å². The molecule has 0 aliphatic carbocycles. The van der Waals surface area contributed by atoms with E-state index in [-0.39, 0.29) is 17.9 Å². The molecule has 19 heavy (non-hydrogen) atoms. The molecule has 2 aromatic rings. The topological polar surface area (TPSA) is 38.3 Å². The van der Waals surface area contributed by atoms with Crippen LogP contribution < -0.4 is 5.32 Å². The van der Waals surface area contributed by atoms with E-state index in [1.54, 1.807) is 0 Å². The number of benzene rings is 2. The molecule has 0 amide bonds. The van der Waals surface area contributed by atoms with Gasteiger partial charge in [0.05, 0.1) is 7.11 Å². The first-order chi connectivity index (χ1) is 9.29. The van der Waals surface area contributed by atoms with E-state index in [1.165, 1.54) is 23.4 Å². The van der Waals surface area contributed by atoms with E-state index < -0.39 is 0 Å². The van der Waals surface area contributed by atoms with Crippen LogP contribution in [-0.2, 0) is 9.53 Å². The standard InChI is InChI=1S/C16H17NO2/c1-19-16(18)15-14(8-9-17-15)13-7-6-11-4-2-3-5-12(11)10-13/h2-7,10,14-15,17H,8-9H2,1H3/t14-,15?/m1/s1. The fourth-order valence-electron chi connectivity index (χ4n) is 2.88. The van der Waals surface area contributed by atoms with Crippen LogP contribution in [0.5, 0.6) is 0 Å². The minimum atomic E-state index is -0.217. The van der Waals surface area contributed by atoms with Crippen LogP contribution in [0.15, 0.2) is 42.5 Å². The number of carbonyl (C=O) groups excluding carboxylic acids is 1. The van der Waals surface area contributed by atoms with Crippen molar-refractivity contribution in [1.82, 2.24) is 5.32 Å². The molecular weight excluding hydrogens is 238 g/mol. The van der Waals surface area contributed by atoms with Crippen LogP contribution in [0.3, 0.4) is 0 Å². The lowest BCUT2D eigenvalue weighted by Crippen LogP contribution is -2.35. The second kappa shape index (κ2) is 5.02. The van der Waals surface area contributed by atoms with Crippen LogP contribution in [0, 0.1) is 0 Å². The van der Waals surface area contributed by atoms with Gasteiger partial charge in [-0.1, -0.05) is 42.5 Å². The highest BCUT2D eigenvalue weighted by Gasteiger charge is 2.34. The molecule has 0 spiro atoms. The molecule has 1 N–H and O–H groups in total. The van der Waals surface area contributed by atoms with Crippen LogP contribution in [0.4, 0.5) is 0 Å². The largest absolute Gasteiger partial charge is 0.468 e. The van der Waals surface area contributed by atoms with Crippen molar-refractivity contribution in [3.8, 4) is 0 Å². The average molecular weight is 255 g/mol. The Hall–Kier alpha value is -1.87. The van der Waals surface area contributed by atoms with E-state index in [4.69, 9.17) is 4.74 Å². The van der Waals surface area contributed by atoms with Gasteiger partial charge in [-0.05, 0) is 29.3 Å². The molecule has 1 aliphatic heterocycles. The Labute approximate surface area is 112 Å². The predicted molar refractivity (Wildman–Crippen MR) is 75.1 cm³/mol. The Balaban J connectivity index is 1.96. The smallest absolute Gasteiger partial charge is 0.323 e. The molecule has 0 bridgehead atoms. The molecule has 3 nitrogen and oxygen atoms in total. The van der Waals surface area contributed by atoms with Gasteiger partial charge < -0.3 is 10.1 Å². The summed E-state index contributed by atoms with van der Waals surface area (Å²) in [4.78, 5) is 11.8. The Bertz CT molecular complexity index is 608. The molecule has 98 valence electrons. The fourth-order valence-corrected chi connectivity index (χ4v) is 2.88. The van der Waals surface area contributed by atoms with Crippen molar-refractivity contribution in [2.45, 2.75) is 18.4 Å². The van der Waals surface area contributed by atoms with Crippen molar-refractivity contribution < 1.29 is 9.53 Å². The molecule has 1 saturated heterocycles. The molecule has 2 aromatic carbocycles. The van der Waals surface area contributed by atoms with Gasteiger partial charge in [-0.3, -0.25) is 4.79 Å². The number of rotatable bonds is 2. The molecule has 1 heterocycles. The number of hydrogen-bond donors (Lipinski definition) is 1.